The molecule has 0 bridgehead atoms. The van der Waals surface area contributed by atoms with Crippen molar-refractivity contribution in [2.45, 2.75) is 6.54 Å². The molecule has 4 rings (SSSR count). The highest BCUT2D eigenvalue weighted by Gasteiger charge is 2.45. The van der Waals surface area contributed by atoms with Crippen molar-refractivity contribution in [2.75, 3.05) is 0 Å². The van der Waals surface area contributed by atoms with E-state index in [-0.39, 0.29) is 43.6 Å². The summed E-state index contributed by atoms with van der Waals surface area (Å²) in [6.07, 6.45) is 0. The summed E-state index contributed by atoms with van der Waals surface area (Å²) in [6, 6.07) is 9.92. The molecule has 0 N–H and O–H groups in total. The third-order valence-electron chi connectivity index (χ3n) is 5.36. The van der Waals surface area contributed by atoms with E-state index in [0.29, 0.717) is 19.5 Å². The molecule has 0 unspecified atom stereocenters. The Hall–Kier alpha value is -3.01. The van der Waals surface area contributed by atoms with Gasteiger partial charge in [0.1, 0.15) is 0 Å². The zero-order valence-corrected chi connectivity index (χ0v) is 24.3. The van der Waals surface area contributed by atoms with E-state index in [1.165, 1.54) is 36.4 Å². The fraction of sp³-hybridized carbons (Fsp3) is 0.0455. The third-order valence-corrected chi connectivity index (χ3v) is 10.1. The van der Waals surface area contributed by atoms with Crippen LogP contribution in [0.15, 0.2) is 66.4 Å². The molecule has 1 aliphatic rings. The molecule has 37 heavy (non-hydrogen) atoms. The summed E-state index contributed by atoms with van der Waals surface area (Å²) in [5.41, 5.74) is -0.0428. The van der Waals surface area contributed by atoms with E-state index < -0.39 is 27.6 Å². The lowest BCUT2D eigenvalue weighted by atomic mass is 10.1. The van der Waals surface area contributed by atoms with Crippen molar-refractivity contribution in [1.29, 1.82) is 0 Å². The molecule has 3 aromatic rings. The molecule has 1 heterocycles. The van der Waals surface area contributed by atoms with Gasteiger partial charge in [-0.2, -0.15) is 5.01 Å². The van der Waals surface area contributed by atoms with Crippen LogP contribution < -0.4 is 0 Å². The molecule has 0 spiro atoms. The molecule has 3 amide bonds. The number of carbonyl (C=O) groups excluding carboxylic acids is 3. The Balaban J connectivity index is 1.81. The van der Waals surface area contributed by atoms with Crippen LogP contribution in [-0.2, 0) is 6.54 Å². The number of benzene rings is 3. The van der Waals surface area contributed by atoms with E-state index in [1.54, 1.807) is 0 Å². The molecule has 0 radical (unpaired) electrons. The summed E-state index contributed by atoms with van der Waals surface area (Å²) in [5.74, 6) is -2.39. The number of nitro benzene ring substituents is 2. The average molecular weight is 762 g/mol. The fourth-order valence-corrected chi connectivity index (χ4v) is 6.02. The molecule has 0 saturated carbocycles. The third kappa shape index (κ3) is 4.83. The van der Waals surface area contributed by atoms with Crippen LogP contribution in [0.3, 0.4) is 0 Å². The first-order valence-corrected chi connectivity index (χ1v) is 13.2. The summed E-state index contributed by atoms with van der Waals surface area (Å²) >= 11 is 13.3. The molecule has 0 atom stereocenters. The van der Waals surface area contributed by atoms with E-state index in [2.05, 4.69) is 63.7 Å². The van der Waals surface area contributed by atoms with E-state index in [0.717, 1.165) is 17.1 Å². The molecular weight excluding hydrogens is 752 g/mol. The predicted octanol–water partition coefficient (Wildman–Crippen LogP) is 6.41. The summed E-state index contributed by atoms with van der Waals surface area (Å²) < 4.78 is 1.50. The van der Waals surface area contributed by atoms with Gasteiger partial charge in [-0.05, 0) is 81.4 Å². The summed E-state index contributed by atoms with van der Waals surface area (Å²) in [6.45, 7) is -0.309. The van der Waals surface area contributed by atoms with Crippen LogP contribution in [0.4, 0.5) is 11.4 Å². The lowest BCUT2D eigenvalue weighted by Gasteiger charge is -2.30. The number of rotatable bonds is 6. The van der Waals surface area contributed by atoms with Gasteiger partial charge < -0.3 is 0 Å². The average Bonchev–Trinajstić information content (AvgIpc) is 3.14. The van der Waals surface area contributed by atoms with Crippen LogP contribution in [-0.4, -0.2) is 37.6 Å². The highest BCUT2D eigenvalue weighted by atomic mass is 79.9. The van der Waals surface area contributed by atoms with Crippen molar-refractivity contribution in [1.82, 2.24) is 10.0 Å². The Bertz CT molecular complexity index is 1460. The zero-order valence-electron chi connectivity index (χ0n) is 18.0. The molecule has 11 nitrogen and oxygen atoms in total. The quantitative estimate of drug-likeness (QED) is 0.0929. The van der Waals surface area contributed by atoms with Gasteiger partial charge in [0.05, 0.1) is 27.5 Å². The maximum Gasteiger partial charge on any atom is 0.282 e. The fourth-order valence-electron chi connectivity index (χ4n) is 3.56. The topological polar surface area (TPSA) is 144 Å². The number of carbonyl (C=O) groups is 3. The SMILES string of the molecule is O=C(c1ccc([N+](=O)[O-])cc1)N(Cc1ccc([N+](=O)[O-])cc1)N1C(=O)c2c(Br)c(Br)c(Br)c(Br)c2C1=O. The molecule has 0 fully saturated rings. The standard InChI is InChI=1S/C22H10Br4N4O7/c23-16-14-15(17(24)19(26)18(16)25)22(33)28(21(14)32)27(9-10-1-5-12(6-2-10)29(34)35)20(31)11-3-7-13(8-4-11)30(36)37/h1-8H,9H2. The van der Waals surface area contributed by atoms with Crippen molar-refractivity contribution >= 4 is 92.8 Å². The number of hydrogen-bond acceptors (Lipinski definition) is 7. The number of halogens is 4. The minimum absolute atomic E-state index is 0.0112. The number of nitrogens with zero attached hydrogens (tertiary/aromatic N) is 4. The van der Waals surface area contributed by atoms with Crippen molar-refractivity contribution < 1.29 is 24.2 Å². The first-order valence-electron chi connectivity index (χ1n) is 9.98. The van der Waals surface area contributed by atoms with Gasteiger partial charge in [0, 0.05) is 47.7 Å². The van der Waals surface area contributed by atoms with Crippen LogP contribution in [0.5, 0.6) is 0 Å². The monoisotopic (exact) mass is 758 g/mol. The normalized spacial score (nSPS) is 12.5. The minimum atomic E-state index is -0.798. The van der Waals surface area contributed by atoms with Crippen LogP contribution in [0.25, 0.3) is 0 Å². The van der Waals surface area contributed by atoms with Crippen LogP contribution >= 0.6 is 63.7 Å². The lowest BCUT2D eigenvalue weighted by Crippen LogP contribution is -2.49. The molecule has 188 valence electrons. The zero-order chi connectivity index (χ0) is 27.2. The van der Waals surface area contributed by atoms with Gasteiger partial charge in [-0.3, -0.25) is 34.6 Å². The van der Waals surface area contributed by atoms with E-state index in [1.807, 2.05) is 0 Å². The Kier molecular flexibility index (Phi) is 7.60. The molecule has 0 aromatic heterocycles. The van der Waals surface area contributed by atoms with Crippen LogP contribution in [0.1, 0.15) is 36.6 Å². The Morgan fingerprint density at radius 3 is 1.54 bits per heavy atom. The van der Waals surface area contributed by atoms with Crippen molar-refractivity contribution in [3.05, 3.63) is 109 Å². The first-order chi connectivity index (χ1) is 17.4. The predicted molar refractivity (Wildman–Crippen MR) is 144 cm³/mol. The van der Waals surface area contributed by atoms with Gasteiger partial charge in [0.15, 0.2) is 0 Å². The second kappa shape index (κ2) is 10.4. The molecule has 15 heteroatoms. The highest BCUT2D eigenvalue weighted by molar-refractivity contribution is 9.15. The Morgan fingerprint density at radius 1 is 0.730 bits per heavy atom. The number of amides is 3. The molecule has 3 aromatic carbocycles. The maximum atomic E-state index is 13.6. The van der Waals surface area contributed by atoms with Crippen molar-refractivity contribution in [3.63, 3.8) is 0 Å². The Labute approximate surface area is 241 Å². The van der Waals surface area contributed by atoms with E-state index in [4.69, 9.17) is 0 Å². The van der Waals surface area contributed by atoms with Crippen LogP contribution in [0.2, 0.25) is 0 Å². The van der Waals surface area contributed by atoms with Gasteiger partial charge >= 0.3 is 0 Å². The van der Waals surface area contributed by atoms with E-state index in [9.17, 15) is 34.6 Å². The highest BCUT2D eigenvalue weighted by Crippen LogP contribution is 2.45. The van der Waals surface area contributed by atoms with Gasteiger partial charge in [-0.1, -0.05) is 12.1 Å². The summed E-state index contributed by atoms with van der Waals surface area (Å²) in [4.78, 5) is 61.5. The lowest BCUT2D eigenvalue weighted by molar-refractivity contribution is -0.385. The maximum absolute atomic E-state index is 13.6. The molecular formula is C22H10Br4N4O7. The number of non-ortho nitro benzene ring substituents is 2. The number of fused-ring (bicyclic) bond motifs is 1. The minimum Gasteiger partial charge on any atom is -0.267 e. The summed E-state index contributed by atoms with van der Waals surface area (Å²) in [7, 11) is 0. The number of imide groups is 1. The van der Waals surface area contributed by atoms with Gasteiger partial charge in [0.25, 0.3) is 29.1 Å². The molecule has 0 aliphatic carbocycles. The Morgan fingerprint density at radius 2 is 1.14 bits per heavy atom. The van der Waals surface area contributed by atoms with Crippen molar-refractivity contribution in [3.8, 4) is 0 Å². The summed E-state index contributed by atoms with van der Waals surface area (Å²) in [5, 5.41) is 23.6. The largest absolute Gasteiger partial charge is 0.282 e. The van der Waals surface area contributed by atoms with Gasteiger partial charge in [0.2, 0.25) is 0 Å². The van der Waals surface area contributed by atoms with Gasteiger partial charge in [-0.15, -0.1) is 0 Å². The molecule has 1 aliphatic heterocycles. The number of nitro groups is 2. The second-order valence-corrected chi connectivity index (χ2v) is 10.7. The number of hydrazine groups is 1. The van der Waals surface area contributed by atoms with E-state index >= 15 is 0 Å². The second-order valence-electron chi connectivity index (χ2n) is 7.52. The number of hydrogen-bond donors (Lipinski definition) is 0. The smallest absolute Gasteiger partial charge is 0.267 e. The molecule has 0 saturated heterocycles. The van der Waals surface area contributed by atoms with Crippen LogP contribution in [0, 0.1) is 20.2 Å². The van der Waals surface area contributed by atoms with Gasteiger partial charge in [-0.25, -0.2) is 5.01 Å². The first kappa shape index (κ1) is 27.0. The van der Waals surface area contributed by atoms with Crippen molar-refractivity contribution in [2.24, 2.45) is 0 Å².